The predicted molar refractivity (Wildman–Crippen MR) is 62.4 cm³/mol. The van der Waals surface area contributed by atoms with Crippen LogP contribution in [0.2, 0.25) is 5.15 Å². The van der Waals surface area contributed by atoms with Crippen LogP contribution in [0.1, 0.15) is 13.3 Å². The van der Waals surface area contributed by atoms with Gasteiger partial charge in [-0.3, -0.25) is 9.48 Å². The van der Waals surface area contributed by atoms with Gasteiger partial charge in [-0.15, -0.1) is 0 Å². The van der Waals surface area contributed by atoms with Gasteiger partial charge in [0.1, 0.15) is 5.15 Å². The van der Waals surface area contributed by atoms with Gasteiger partial charge in [-0.25, -0.2) is 0 Å². The molecule has 6 heteroatoms. The maximum atomic E-state index is 11.8. The second-order valence-electron chi connectivity index (χ2n) is 4.27. The van der Waals surface area contributed by atoms with Gasteiger partial charge in [0.15, 0.2) is 5.82 Å². The number of hydrogen-bond acceptors (Lipinski definition) is 3. The molecule has 0 spiro atoms. The standard InChI is InChI=1S/C10H15ClN4O/c1-6-3-7(12-5-6)10(16)13-9-4-8(11)15(2)14-9/h4,6-7,12H,3,5H2,1-2H3,(H,13,14,16)/t6?,7-/m0/s1. The molecule has 1 aliphatic heterocycles. The summed E-state index contributed by atoms with van der Waals surface area (Å²) in [6.45, 7) is 3.01. The van der Waals surface area contributed by atoms with E-state index in [-0.39, 0.29) is 11.9 Å². The number of rotatable bonds is 2. The van der Waals surface area contributed by atoms with Gasteiger partial charge in [0.25, 0.3) is 0 Å². The average molecular weight is 243 g/mol. The van der Waals surface area contributed by atoms with Crippen molar-refractivity contribution in [3.63, 3.8) is 0 Å². The number of anilines is 1. The molecule has 0 aromatic carbocycles. The number of nitrogens with zero attached hydrogens (tertiary/aromatic N) is 2. The Morgan fingerprint density at radius 2 is 2.50 bits per heavy atom. The topological polar surface area (TPSA) is 59.0 Å². The Morgan fingerprint density at radius 1 is 1.75 bits per heavy atom. The third-order valence-corrected chi connectivity index (χ3v) is 3.09. The van der Waals surface area contributed by atoms with E-state index in [1.54, 1.807) is 13.1 Å². The predicted octanol–water partition coefficient (Wildman–Crippen LogP) is 1.01. The number of carbonyl (C=O) groups excluding carboxylic acids is 1. The number of carbonyl (C=O) groups is 1. The molecule has 1 aliphatic rings. The zero-order valence-electron chi connectivity index (χ0n) is 9.33. The highest BCUT2D eigenvalue weighted by atomic mass is 35.5. The molecule has 1 aromatic heterocycles. The highest BCUT2D eigenvalue weighted by Gasteiger charge is 2.27. The molecule has 1 saturated heterocycles. The van der Waals surface area contributed by atoms with Gasteiger partial charge in [-0.05, 0) is 18.9 Å². The lowest BCUT2D eigenvalue weighted by Crippen LogP contribution is -2.35. The molecule has 1 amide bonds. The highest BCUT2D eigenvalue weighted by Crippen LogP contribution is 2.16. The number of nitrogens with one attached hydrogen (secondary N) is 2. The lowest BCUT2D eigenvalue weighted by Gasteiger charge is -2.08. The molecule has 5 nitrogen and oxygen atoms in total. The SMILES string of the molecule is CC1CN[C@H](C(=O)Nc2cc(Cl)n(C)n2)C1. The number of amides is 1. The fraction of sp³-hybridized carbons (Fsp3) is 0.600. The summed E-state index contributed by atoms with van der Waals surface area (Å²) in [5, 5.41) is 10.5. The Hall–Kier alpha value is -1.07. The van der Waals surface area contributed by atoms with Gasteiger partial charge in [0, 0.05) is 13.1 Å². The van der Waals surface area contributed by atoms with Crippen molar-refractivity contribution in [3.05, 3.63) is 11.2 Å². The van der Waals surface area contributed by atoms with Crippen molar-refractivity contribution in [3.8, 4) is 0 Å². The van der Waals surface area contributed by atoms with E-state index in [1.165, 1.54) is 4.68 Å². The van der Waals surface area contributed by atoms with E-state index in [0.717, 1.165) is 13.0 Å². The normalized spacial score (nSPS) is 24.7. The van der Waals surface area contributed by atoms with Crippen LogP contribution in [0.15, 0.2) is 6.07 Å². The molecule has 2 atom stereocenters. The minimum absolute atomic E-state index is 0.0425. The summed E-state index contributed by atoms with van der Waals surface area (Å²) in [6, 6.07) is 1.52. The molecule has 0 bridgehead atoms. The molecule has 1 aromatic rings. The van der Waals surface area contributed by atoms with Gasteiger partial charge in [-0.2, -0.15) is 5.10 Å². The summed E-state index contributed by atoms with van der Waals surface area (Å²) < 4.78 is 1.52. The summed E-state index contributed by atoms with van der Waals surface area (Å²) in [5.41, 5.74) is 0. The van der Waals surface area contributed by atoms with Crippen molar-refractivity contribution in [2.24, 2.45) is 13.0 Å². The van der Waals surface area contributed by atoms with Crippen LogP contribution in [-0.2, 0) is 11.8 Å². The van der Waals surface area contributed by atoms with Crippen LogP contribution in [0.3, 0.4) is 0 Å². The van der Waals surface area contributed by atoms with E-state index >= 15 is 0 Å². The van der Waals surface area contributed by atoms with Gasteiger partial charge >= 0.3 is 0 Å². The van der Waals surface area contributed by atoms with Crippen molar-refractivity contribution in [2.45, 2.75) is 19.4 Å². The van der Waals surface area contributed by atoms with Crippen LogP contribution in [-0.4, -0.2) is 28.3 Å². The smallest absolute Gasteiger partial charge is 0.242 e. The summed E-state index contributed by atoms with van der Waals surface area (Å²) in [6.07, 6.45) is 0.867. The number of hydrogen-bond donors (Lipinski definition) is 2. The first-order valence-electron chi connectivity index (χ1n) is 5.30. The lowest BCUT2D eigenvalue weighted by atomic mass is 10.1. The van der Waals surface area contributed by atoms with Crippen molar-refractivity contribution in [1.29, 1.82) is 0 Å². The number of aromatic nitrogens is 2. The molecule has 0 radical (unpaired) electrons. The summed E-state index contributed by atoms with van der Waals surface area (Å²) >= 11 is 5.83. The Labute approximate surface area is 99.2 Å². The summed E-state index contributed by atoms with van der Waals surface area (Å²) in [7, 11) is 1.73. The molecule has 1 unspecified atom stereocenters. The quantitative estimate of drug-likeness (QED) is 0.814. The molecule has 2 rings (SSSR count). The maximum Gasteiger partial charge on any atom is 0.242 e. The number of halogens is 1. The third kappa shape index (κ3) is 2.36. The molecule has 0 saturated carbocycles. The van der Waals surface area contributed by atoms with Crippen LogP contribution in [0.5, 0.6) is 0 Å². The van der Waals surface area contributed by atoms with E-state index in [9.17, 15) is 4.79 Å². The van der Waals surface area contributed by atoms with E-state index in [1.807, 2.05) is 0 Å². The fourth-order valence-electron chi connectivity index (χ4n) is 1.83. The van der Waals surface area contributed by atoms with Crippen molar-refractivity contribution in [2.75, 3.05) is 11.9 Å². The second kappa shape index (κ2) is 4.43. The van der Waals surface area contributed by atoms with Crippen molar-refractivity contribution in [1.82, 2.24) is 15.1 Å². The number of aryl methyl sites for hydroxylation is 1. The van der Waals surface area contributed by atoms with Crippen LogP contribution in [0, 0.1) is 5.92 Å². The first-order chi connectivity index (χ1) is 7.56. The fourth-order valence-corrected chi connectivity index (χ4v) is 1.97. The van der Waals surface area contributed by atoms with E-state index in [4.69, 9.17) is 11.6 Å². The van der Waals surface area contributed by atoms with Crippen LogP contribution in [0.25, 0.3) is 0 Å². The zero-order chi connectivity index (χ0) is 11.7. The Kier molecular flexibility index (Phi) is 3.16. The Morgan fingerprint density at radius 3 is 3.00 bits per heavy atom. The molecule has 2 heterocycles. The van der Waals surface area contributed by atoms with Gasteiger partial charge in [-0.1, -0.05) is 18.5 Å². The summed E-state index contributed by atoms with van der Waals surface area (Å²) in [4.78, 5) is 11.8. The molecule has 2 N–H and O–H groups in total. The molecule has 1 fully saturated rings. The second-order valence-corrected chi connectivity index (χ2v) is 4.65. The maximum absolute atomic E-state index is 11.8. The van der Waals surface area contributed by atoms with E-state index < -0.39 is 0 Å². The van der Waals surface area contributed by atoms with E-state index in [2.05, 4.69) is 22.7 Å². The first kappa shape index (κ1) is 11.4. The van der Waals surface area contributed by atoms with Gasteiger partial charge < -0.3 is 10.6 Å². The molecular formula is C10H15ClN4O. The minimum atomic E-state index is -0.115. The Bertz CT molecular complexity index is 384. The van der Waals surface area contributed by atoms with Gasteiger partial charge in [0.05, 0.1) is 6.04 Å². The van der Waals surface area contributed by atoms with Gasteiger partial charge in [0.2, 0.25) is 5.91 Å². The monoisotopic (exact) mass is 242 g/mol. The lowest BCUT2D eigenvalue weighted by molar-refractivity contribution is -0.117. The van der Waals surface area contributed by atoms with Crippen molar-refractivity contribution >= 4 is 23.3 Å². The minimum Gasteiger partial charge on any atom is -0.308 e. The molecule has 16 heavy (non-hydrogen) atoms. The van der Waals surface area contributed by atoms with Crippen LogP contribution < -0.4 is 10.6 Å². The molecular weight excluding hydrogens is 228 g/mol. The van der Waals surface area contributed by atoms with Crippen LogP contribution >= 0.6 is 11.6 Å². The summed E-state index contributed by atoms with van der Waals surface area (Å²) in [5.74, 6) is 1.00. The third-order valence-electron chi connectivity index (χ3n) is 2.74. The van der Waals surface area contributed by atoms with Crippen LogP contribution in [0.4, 0.5) is 5.82 Å². The Balaban J connectivity index is 1.97. The average Bonchev–Trinajstić information content (AvgIpc) is 2.75. The molecule has 88 valence electrons. The first-order valence-corrected chi connectivity index (χ1v) is 5.68. The largest absolute Gasteiger partial charge is 0.308 e. The van der Waals surface area contributed by atoms with Crippen molar-refractivity contribution < 1.29 is 4.79 Å². The van der Waals surface area contributed by atoms with E-state index in [0.29, 0.717) is 16.9 Å². The zero-order valence-corrected chi connectivity index (χ0v) is 10.1. The highest BCUT2D eigenvalue weighted by molar-refractivity contribution is 6.29. The molecule has 0 aliphatic carbocycles.